The minimum atomic E-state index is -0.670. The van der Waals surface area contributed by atoms with Gasteiger partial charge in [-0.05, 0) is 52.3 Å². The molecule has 0 amide bonds. The van der Waals surface area contributed by atoms with Gasteiger partial charge in [0.15, 0.2) is 0 Å². The number of pyridine rings is 1. The molecule has 0 spiro atoms. The Morgan fingerprint density at radius 2 is 1.28 bits per heavy atom. The van der Waals surface area contributed by atoms with E-state index in [1.807, 2.05) is 31.2 Å². The first-order valence-corrected chi connectivity index (χ1v) is 11.7. The maximum absolute atomic E-state index is 5.87. The van der Waals surface area contributed by atoms with Gasteiger partial charge in [0.2, 0.25) is 5.88 Å². The van der Waals surface area contributed by atoms with Crippen molar-refractivity contribution in [2.24, 2.45) is 0 Å². The fourth-order valence-corrected chi connectivity index (χ4v) is 5.12. The SMILES string of the molecule is CCOc1nccc2c1c(I)nn2C(c1ccccc1)(c1ccccc1)c1ccccc1. The summed E-state index contributed by atoms with van der Waals surface area (Å²) in [6, 6.07) is 33.7. The lowest BCUT2D eigenvalue weighted by Crippen LogP contribution is -2.38. The summed E-state index contributed by atoms with van der Waals surface area (Å²) in [7, 11) is 0. The highest BCUT2D eigenvalue weighted by Gasteiger charge is 2.41. The Hall–Kier alpha value is -3.19. The normalized spacial score (nSPS) is 11.6. The van der Waals surface area contributed by atoms with Gasteiger partial charge >= 0.3 is 0 Å². The van der Waals surface area contributed by atoms with Crippen LogP contribution in [-0.2, 0) is 5.54 Å². The smallest absolute Gasteiger partial charge is 0.225 e. The number of hydrogen-bond acceptors (Lipinski definition) is 3. The molecule has 0 aliphatic carbocycles. The molecule has 0 bridgehead atoms. The Labute approximate surface area is 201 Å². The lowest BCUT2D eigenvalue weighted by Gasteiger charge is -2.37. The van der Waals surface area contributed by atoms with Crippen molar-refractivity contribution in [3.8, 4) is 5.88 Å². The molecule has 5 rings (SSSR count). The summed E-state index contributed by atoms with van der Waals surface area (Å²) < 4.78 is 8.87. The average Bonchev–Trinajstić information content (AvgIpc) is 3.19. The maximum Gasteiger partial charge on any atom is 0.225 e. The van der Waals surface area contributed by atoms with Gasteiger partial charge in [0.05, 0.1) is 17.5 Å². The average molecular weight is 531 g/mol. The molecule has 0 unspecified atom stereocenters. The molecule has 0 aliphatic rings. The van der Waals surface area contributed by atoms with Crippen LogP contribution in [0.1, 0.15) is 23.6 Å². The zero-order valence-corrected chi connectivity index (χ0v) is 19.8. The van der Waals surface area contributed by atoms with Crippen molar-refractivity contribution in [2.45, 2.75) is 12.5 Å². The number of aromatic nitrogens is 3. The van der Waals surface area contributed by atoms with E-state index in [4.69, 9.17) is 9.84 Å². The summed E-state index contributed by atoms with van der Waals surface area (Å²) in [6.45, 7) is 2.52. The van der Waals surface area contributed by atoms with Gasteiger partial charge in [0.1, 0.15) is 9.24 Å². The maximum atomic E-state index is 5.87. The molecule has 0 fully saturated rings. The number of benzene rings is 3. The molecule has 5 heteroatoms. The van der Waals surface area contributed by atoms with E-state index in [2.05, 4.69) is 105 Å². The number of halogens is 1. The second-order valence-corrected chi connectivity index (χ2v) is 8.48. The number of fused-ring (bicyclic) bond motifs is 1. The van der Waals surface area contributed by atoms with Crippen molar-refractivity contribution in [2.75, 3.05) is 6.61 Å². The van der Waals surface area contributed by atoms with Crippen molar-refractivity contribution >= 4 is 33.5 Å². The molecule has 0 N–H and O–H groups in total. The first-order chi connectivity index (χ1) is 15.8. The highest BCUT2D eigenvalue weighted by Crippen LogP contribution is 2.43. The van der Waals surface area contributed by atoms with Crippen LogP contribution in [0.3, 0.4) is 0 Å². The van der Waals surface area contributed by atoms with Gasteiger partial charge < -0.3 is 4.74 Å². The molecule has 0 atom stereocenters. The van der Waals surface area contributed by atoms with Gasteiger partial charge in [-0.1, -0.05) is 91.0 Å². The third-order valence-corrected chi connectivity index (χ3v) is 6.45. The van der Waals surface area contributed by atoms with E-state index in [0.717, 1.165) is 31.3 Å². The van der Waals surface area contributed by atoms with Crippen LogP contribution in [0, 0.1) is 3.70 Å². The van der Waals surface area contributed by atoms with Gasteiger partial charge in [-0.15, -0.1) is 0 Å². The van der Waals surface area contributed by atoms with Crippen LogP contribution in [0.2, 0.25) is 0 Å². The highest BCUT2D eigenvalue weighted by atomic mass is 127. The molecule has 2 heterocycles. The minimum Gasteiger partial charge on any atom is -0.477 e. The zero-order chi connectivity index (χ0) is 22.0. The van der Waals surface area contributed by atoms with Crippen LogP contribution in [-0.4, -0.2) is 21.4 Å². The topological polar surface area (TPSA) is 39.9 Å². The molecule has 0 radical (unpaired) electrons. The van der Waals surface area contributed by atoms with Crippen LogP contribution in [0.4, 0.5) is 0 Å². The van der Waals surface area contributed by atoms with Crippen LogP contribution in [0.5, 0.6) is 5.88 Å². The van der Waals surface area contributed by atoms with E-state index in [-0.39, 0.29) is 0 Å². The van der Waals surface area contributed by atoms with E-state index in [9.17, 15) is 0 Å². The Kier molecular flexibility index (Phi) is 5.66. The summed E-state index contributed by atoms with van der Waals surface area (Å²) >= 11 is 2.29. The van der Waals surface area contributed by atoms with Crippen molar-refractivity contribution in [3.63, 3.8) is 0 Å². The molecule has 0 saturated carbocycles. The van der Waals surface area contributed by atoms with E-state index in [0.29, 0.717) is 12.5 Å². The summed E-state index contributed by atoms with van der Waals surface area (Å²) in [6.07, 6.45) is 1.80. The Balaban J connectivity index is 1.96. The van der Waals surface area contributed by atoms with E-state index in [1.165, 1.54) is 0 Å². The number of hydrogen-bond donors (Lipinski definition) is 0. The lowest BCUT2D eigenvalue weighted by molar-refractivity contribution is 0.331. The molecule has 5 aromatic rings. The van der Waals surface area contributed by atoms with Gasteiger partial charge in [-0.2, -0.15) is 5.10 Å². The monoisotopic (exact) mass is 531 g/mol. The standard InChI is InChI=1S/C27H22IN3O/c1-2-32-26-24-23(18-19-29-26)31(30-25(24)28)27(20-12-6-3-7-13-20,21-14-8-4-9-15-21)22-16-10-5-11-17-22/h3-19H,2H2,1H3. The Morgan fingerprint density at radius 1 is 0.781 bits per heavy atom. The van der Waals surface area contributed by atoms with Crippen LogP contribution < -0.4 is 4.74 Å². The predicted octanol–water partition coefficient (Wildman–Crippen LogP) is 6.27. The second kappa shape index (κ2) is 8.74. The molecule has 158 valence electrons. The Morgan fingerprint density at radius 3 is 1.75 bits per heavy atom. The quantitative estimate of drug-likeness (QED) is 0.192. The van der Waals surface area contributed by atoms with Crippen molar-refractivity contribution < 1.29 is 4.74 Å². The summed E-state index contributed by atoms with van der Waals surface area (Å²) in [5.74, 6) is 0.615. The van der Waals surface area contributed by atoms with E-state index >= 15 is 0 Å². The first-order valence-electron chi connectivity index (χ1n) is 10.6. The molecular formula is C27H22IN3O. The number of nitrogens with zero attached hydrogens (tertiary/aromatic N) is 3. The molecule has 3 aromatic carbocycles. The molecule has 0 aliphatic heterocycles. The molecule has 2 aromatic heterocycles. The molecular weight excluding hydrogens is 509 g/mol. The molecule has 4 nitrogen and oxygen atoms in total. The zero-order valence-electron chi connectivity index (χ0n) is 17.6. The van der Waals surface area contributed by atoms with Crippen molar-refractivity contribution in [1.82, 2.24) is 14.8 Å². The fraction of sp³-hybridized carbons (Fsp3) is 0.111. The van der Waals surface area contributed by atoms with E-state index in [1.54, 1.807) is 6.20 Å². The summed E-state index contributed by atoms with van der Waals surface area (Å²) in [5.41, 5.74) is 3.70. The predicted molar refractivity (Wildman–Crippen MR) is 136 cm³/mol. The lowest BCUT2D eigenvalue weighted by atomic mass is 9.77. The fourth-order valence-electron chi connectivity index (χ4n) is 4.40. The van der Waals surface area contributed by atoms with Crippen LogP contribution in [0.15, 0.2) is 103 Å². The number of rotatable bonds is 6. The molecule has 0 saturated heterocycles. The third-order valence-electron chi connectivity index (χ3n) is 5.69. The highest BCUT2D eigenvalue weighted by molar-refractivity contribution is 14.1. The van der Waals surface area contributed by atoms with Crippen molar-refractivity contribution in [3.05, 3.63) is 124 Å². The largest absolute Gasteiger partial charge is 0.477 e. The van der Waals surface area contributed by atoms with Crippen molar-refractivity contribution in [1.29, 1.82) is 0 Å². The summed E-state index contributed by atoms with van der Waals surface area (Å²) in [5, 5.41) is 6.05. The minimum absolute atomic E-state index is 0.550. The third kappa shape index (κ3) is 3.28. The van der Waals surface area contributed by atoms with Gasteiger partial charge in [0.25, 0.3) is 0 Å². The Bertz CT molecular complexity index is 1240. The first kappa shape index (κ1) is 20.7. The van der Waals surface area contributed by atoms with Gasteiger partial charge in [0, 0.05) is 6.20 Å². The number of ether oxygens (including phenoxy) is 1. The van der Waals surface area contributed by atoms with Crippen LogP contribution >= 0.6 is 22.6 Å². The van der Waals surface area contributed by atoms with Gasteiger partial charge in [-0.3, -0.25) is 0 Å². The molecule has 32 heavy (non-hydrogen) atoms. The second-order valence-electron chi connectivity index (χ2n) is 7.45. The summed E-state index contributed by atoms with van der Waals surface area (Å²) in [4.78, 5) is 4.49. The van der Waals surface area contributed by atoms with E-state index < -0.39 is 5.54 Å². The van der Waals surface area contributed by atoms with Crippen LogP contribution in [0.25, 0.3) is 10.9 Å². The van der Waals surface area contributed by atoms with Gasteiger partial charge in [-0.25, -0.2) is 9.67 Å².